The number of fused-ring (bicyclic) bond motifs is 1. The minimum Gasteiger partial charge on any atom is -0.454 e. The molecule has 1 N–H and O–H groups in total. The third-order valence-electron chi connectivity index (χ3n) is 5.42. The van der Waals surface area contributed by atoms with Gasteiger partial charge in [-0.15, -0.1) is 11.3 Å². The van der Waals surface area contributed by atoms with Crippen LogP contribution in [0.4, 0.5) is 0 Å². The van der Waals surface area contributed by atoms with Crippen LogP contribution in [0.25, 0.3) is 0 Å². The van der Waals surface area contributed by atoms with E-state index in [0.29, 0.717) is 24.4 Å². The fraction of sp³-hybridized carbons (Fsp3) is 0.476. The predicted molar refractivity (Wildman–Crippen MR) is 116 cm³/mol. The molecule has 4 rings (SSSR count). The average molecular weight is 451 g/mol. The van der Waals surface area contributed by atoms with Crippen LogP contribution in [0, 0.1) is 0 Å². The molecule has 2 aliphatic rings. The first-order valence-electron chi connectivity index (χ1n) is 10.1. The van der Waals surface area contributed by atoms with Gasteiger partial charge in [0, 0.05) is 24.0 Å². The number of nitrogens with zero attached hydrogens (tertiary/aromatic N) is 1. The van der Waals surface area contributed by atoms with Gasteiger partial charge in [-0.3, -0.25) is 4.79 Å². The van der Waals surface area contributed by atoms with Crippen molar-refractivity contribution in [3.63, 3.8) is 0 Å². The maximum atomic E-state index is 13.4. The van der Waals surface area contributed by atoms with Gasteiger partial charge in [-0.25, -0.2) is 13.1 Å². The van der Waals surface area contributed by atoms with Gasteiger partial charge in [-0.2, -0.15) is 0 Å². The lowest BCUT2D eigenvalue weighted by Crippen LogP contribution is -2.37. The second kappa shape index (κ2) is 8.95. The molecule has 1 saturated carbocycles. The first-order chi connectivity index (χ1) is 14.4. The summed E-state index contributed by atoms with van der Waals surface area (Å²) in [5.74, 6) is 1.50. The lowest BCUT2D eigenvalue weighted by atomic mass is 10.1. The average Bonchev–Trinajstić information content (AvgIpc) is 3.45. The van der Waals surface area contributed by atoms with Crippen LogP contribution in [-0.2, 0) is 23.0 Å². The molecule has 1 aromatic heterocycles. The zero-order chi connectivity index (χ0) is 21.1. The largest absolute Gasteiger partial charge is 0.454 e. The summed E-state index contributed by atoms with van der Waals surface area (Å²) in [6.45, 7) is 1.09. The second-order valence-electron chi connectivity index (χ2n) is 7.74. The van der Waals surface area contributed by atoms with Crippen molar-refractivity contribution in [1.82, 2.24) is 9.62 Å². The van der Waals surface area contributed by atoms with E-state index in [1.807, 2.05) is 35.2 Å². The van der Waals surface area contributed by atoms with Gasteiger partial charge < -0.3 is 14.4 Å². The normalized spacial score (nSPS) is 16.2. The van der Waals surface area contributed by atoms with Crippen LogP contribution < -0.4 is 14.2 Å². The van der Waals surface area contributed by atoms with Crippen molar-refractivity contribution in [1.29, 1.82) is 0 Å². The molecular weight excluding hydrogens is 424 g/mol. The molecule has 1 amide bonds. The van der Waals surface area contributed by atoms with Gasteiger partial charge in [0.2, 0.25) is 16.8 Å². The Kier molecular flexibility index (Phi) is 6.31. The summed E-state index contributed by atoms with van der Waals surface area (Å²) in [7, 11) is -3.21. The Morgan fingerprint density at radius 1 is 1.17 bits per heavy atom. The Labute approximate surface area is 181 Å². The number of sulfonamides is 1. The van der Waals surface area contributed by atoms with Gasteiger partial charge in [-0.05, 0) is 49.1 Å². The molecule has 0 atom stereocenters. The first-order valence-corrected chi connectivity index (χ1v) is 12.8. The predicted octanol–water partition coefficient (Wildman–Crippen LogP) is 3.15. The summed E-state index contributed by atoms with van der Waals surface area (Å²) in [6, 6.07) is 9.83. The van der Waals surface area contributed by atoms with Crippen LogP contribution >= 0.6 is 11.3 Å². The topological polar surface area (TPSA) is 84.9 Å². The summed E-state index contributed by atoms with van der Waals surface area (Å²) in [6.07, 6.45) is 6.03. The molecule has 0 bridgehead atoms. The fourth-order valence-electron chi connectivity index (χ4n) is 3.95. The van der Waals surface area contributed by atoms with E-state index in [9.17, 15) is 13.2 Å². The highest BCUT2D eigenvalue weighted by Gasteiger charge is 2.29. The number of rotatable bonds is 8. The summed E-state index contributed by atoms with van der Waals surface area (Å²) >= 11 is 1.44. The van der Waals surface area contributed by atoms with Gasteiger partial charge in [0.15, 0.2) is 11.5 Å². The molecule has 0 saturated heterocycles. The van der Waals surface area contributed by atoms with Crippen LogP contribution in [0.2, 0.25) is 0 Å². The maximum Gasteiger partial charge on any atom is 0.264 e. The van der Waals surface area contributed by atoms with Crippen LogP contribution in [0.3, 0.4) is 0 Å². The van der Waals surface area contributed by atoms with Crippen molar-refractivity contribution in [2.75, 3.05) is 19.6 Å². The van der Waals surface area contributed by atoms with Crippen LogP contribution in [0.5, 0.6) is 11.5 Å². The number of hydrogen-bond donors (Lipinski definition) is 1. The molecule has 0 radical (unpaired) electrons. The molecule has 1 aromatic carbocycles. The minimum absolute atomic E-state index is 0.0342. The molecule has 2 heterocycles. The number of nitrogens with one attached hydrogen (secondary N) is 1. The Morgan fingerprint density at radius 3 is 2.70 bits per heavy atom. The lowest BCUT2D eigenvalue weighted by Gasteiger charge is -2.29. The van der Waals surface area contributed by atoms with Crippen LogP contribution in [0.15, 0.2) is 30.3 Å². The molecule has 1 aliphatic heterocycles. The highest BCUT2D eigenvalue weighted by atomic mass is 32.2. The van der Waals surface area contributed by atoms with E-state index in [0.717, 1.165) is 53.9 Å². The summed E-state index contributed by atoms with van der Waals surface area (Å²) in [5.41, 5.74) is 1.02. The molecule has 7 nitrogen and oxygen atoms in total. The van der Waals surface area contributed by atoms with Gasteiger partial charge in [0.25, 0.3) is 5.91 Å². The highest BCUT2D eigenvalue weighted by molar-refractivity contribution is 7.88. The van der Waals surface area contributed by atoms with Crippen molar-refractivity contribution in [3.8, 4) is 11.5 Å². The van der Waals surface area contributed by atoms with E-state index >= 15 is 0 Å². The maximum absolute atomic E-state index is 13.4. The fourth-order valence-corrected chi connectivity index (χ4v) is 5.38. The number of ether oxygens (including phenoxy) is 2. The lowest BCUT2D eigenvalue weighted by molar-refractivity contribution is 0.0669. The monoisotopic (exact) mass is 450 g/mol. The van der Waals surface area contributed by atoms with Crippen LogP contribution in [-0.4, -0.2) is 44.9 Å². The molecule has 30 heavy (non-hydrogen) atoms. The van der Waals surface area contributed by atoms with E-state index in [4.69, 9.17) is 9.47 Å². The van der Waals surface area contributed by atoms with Crippen molar-refractivity contribution >= 4 is 27.3 Å². The summed E-state index contributed by atoms with van der Waals surface area (Å²) in [4.78, 5) is 17.0. The van der Waals surface area contributed by atoms with Gasteiger partial charge in [0.05, 0.1) is 11.1 Å². The zero-order valence-electron chi connectivity index (χ0n) is 16.9. The molecule has 2 aromatic rings. The molecule has 0 unspecified atom stereocenters. The number of carbonyl (C=O) groups is 1. The third kappa shape index (κ3) is 5.14. The third-order valence-corrected chi connectivity index (χ3v) is 7.29. The molecular formula is C21H26N2O5S2. The number of benzene rings is 1. The van der Waals surface area contributed by atoms with E-state index in [1.165, 1.54) is 11.3 Å². The highest BCUT2D eigenvalue weighted by Crippen LogP contribution is 2.34. The quantitative estimate of drug-likeness (QED) is 0.668. The SMILES string of the molecule is CS(=O)(=O)NCCc1ccc(C(=O)N(Cc2ccc3c(c2)OCO3)C2CCCC2)s1. The van der Waals surface area contributed by atoms with E-state index in [1.54, 1.807) is 0 Å². The van der Waals surface area contributed by atoms with E-state index in [2.05, 4.69) is 4.72 Å². The molecule has 0 spiro atoms. The minimum atomic E-state index is -3.21. The standard InChI is InChI=1S/C21H26N2O5S2/c1-30(25,26)22-11-10-17-7-9-20(29-17)21(24)23(16-4-2-3-5-16)13-15-6-8-18-19(12-15)28-14-27-18/h6-9,12,16,22H,2-5,10-11,13-14H2,1H3. The van der Waals surface area contributed by atoms with Crippen molar-refractivity contribution in [2.45, 2.75) is 44.7 Å². The summed E-state index contributed by atoms with van der Waals surface area (Å²) < 4.78 is 35.8. The Morgan fingerprint density at radius 2 is 1.93 bits per heavy atom. The molecule has 9 heteroatoms. The van der Waals surface area contributed by atoms with Crippen molar-refractivity contribution in [3.05, 3.63) is 45.6 Å². The zero-order valence-corrected chi connectivity index (χ0v) is 18.6. The van der Waals surface area contributed by atoms with Crippen molar-refractivity contribution in [2.24, 2.45) is 0 Å². The first kappa shape index (κ1) is 21.1. The Bertz CT molecular complexity index is 1010. The van der Waals surface area contributed by atoms with Crippen molar-refractivity contribution < 1.29 is 22.7 Å². The van der Waals surface area contributed by atoms with E-state index < -0.39 is 10.0 Å². The van der Waals surface area contributed by atoms with Crippen LogP contribution in [0.1, 0.15) is 45.8 Å². The Balaban J connectivity index is 1.48. The smallest absolute Gasteiger partial charge is 0.264 e. The second-order valence-corrected chi connectivity index (χ2v) is 10.7. The summed E-state index contributed by atoms with van der Waals surface area (Å²) in [5, 5.41) is 0. The van der Waals surface area contributed by atoms with E-state index in [-0.39, 0.29) is 18.7 Å². The number of amides is 1. The number of thiophene rings is 1. The van der Waals surface area contributed by atoms with Gasteiger partial charge in [-0.1, -0.05) is 18.9 Å². The number of carbonyl (C=O) groups excluding carboxylic acids is 1. The van der Waals surface area contributed by atoms with Gasteiger partial charge in [0.1, 0.15) is 0 Å². The molecule has 162 valence electrons. The molecule has 1 aliphatic carbocycles. The Hall–Kier alpha value is -2.10. The van der Waals surface area contributed by atoms with Gasteiger partial charge >= 0.3 is 0 Å². The molecule has 1 fully saturated rings. The number of hydrogen-bond acceptors (Lipinski definition) is 6.